The van der Waals surface area contributed by atoms with Crippen molar-refractivity contribution in [3.8, 4) is 11.5 Å². The third-order valence-corrected chi connectivity index (χ3v) is 8.15. The summed E-state index contributed by atoms with van der Waals surface area (Å²) < 4.78 is 29.9. The van der Waals surface area contributed by atoms with Gasteiger partial charge in [-0.2, -0.15) is 10.1 Å². The Morgan fingerprint density at radius 3 is 2.72 bits per heavy atom. The number of carbonyl (C=O) groups excluding carboxylic acids is 1. The van der Waals surface area contributed by atoms with E-state index in [0.29, 0.717) is 31.1 Å². The zero-order chi connectivity index (χ0) is 30.9. The zero-order valence-electron chi connectivity index (χ0n) is 26.1. The molecule has 12 heteroatoms. The van der Waals surface area contributed by atoms with Crippen LogP contribution in [-0.4, -0.2) is 79.9 Å². The van der Waals surface area contributed by atoms with Crippen LogP contribution in [0.4, 0.5) is 10.1 Å². The van der Waals surface area contributed by atoms with Crippen molar-refractivity contribution in [2.45, 2.75) is 84.3 Å². The Kier molecular flexibility index (Phi) is 8.62. The molecule has 1 amide bonds. The first kappa shape index (κ1) is 30.7. The van der Waals surface area contributed by atoms with E-state index >= 15 is 4.39 Å². The Morgan fingerprint density at radius 1 is 1.23 bits per heavy atom. The summed E-state index contributed by atoms with van der Waals surface area (Å²) in [6.45, 7) is 14.9. The standard InChI is InChI=1S/C31H43FN8O3/c1-8-39-25-11-9-10-23(35-24-12-13-38(18-22(24)32)30(2,3)4)21(25)14-26(39)28-36-27(43-37-28)16-33-29(41)20-15-34-40(17-20)31(5,6)19-42-7/h9-11,14-15,17,22,24,35H,8,12-13,16,18-19H2,1-7H3,(H,33,41)/t22-,24-/m1/s1. The number of hydrogen-bond acceptors (Lipinski definition) is 8. The largest absolute Gasteiger partial charge is 0.382 e. The second-order valence-electron chi connectivity index (χ2n) is 12.8. The Morgan fingerprint density at radius 2 is 2.02 bits per heavy atom. The van der Waals surface area contributed by atoms with E-state index in [1.807, 2.05) is 38.1 Å². The van der Waals surface area contributed by atoms with E-state index in [1.165, 1.54) is 6.20 Å². The van der Waals surface area contributed by atoms with E-state index in [9.17, 15) is 4.79 Å². The molecule has 2 atom stereocenters. The number of benzene rings is 1. The van der Waals surface area contributed by atoms with Crippen molar-refractivity contribution in [2.75, 3.05) is 32.1 Å². The van der Waals surface area contributed by atoms with Gasteiger partial charge in [-0.3, -0.25) is 14.4 Å². The van der Waals surface area contributed by atoms with Gasteiger partial charge in [0.2, 0.25) is 11.7 Å². The quantitative estimate of drug-likeness (QED) is 0.268. The van der Waals surface area contributed by atoms with E-state index in [1.54, 1.807) is 18.0 Å². The van der Waals surface area contributed by atoms with Crippen LogP contribution in [-0.2, 0) is 23.4 Å². The average molecular weight is 595 g/mol. The molecule has 4 aromatic rings. The molecule has 0 spiro atoms. The maximum absolute atomic E-state index is 15.3. The van der Waals surface area contributed by atoms with Crippen LogP contribution in [0.3, 0.4) is 0 Å². The number of nitrogens with zero attached hydrogens (tertiary/aromatic N) is 6. The van der Waals surface area contributed by atoms with Crippen molar-refractivity contribution in [3.05, 3.63) is 48.1 Å². The lowest BCUT2D eigenvalue weighted by molar-refractivity contribution is 0.0554. The molecule has 0 saturated carbocycles. The van der Waals surface area contributed by atoms with Crippen LogP contribution in [0.2, 0.25) is 0 Å². The number of alkyl halides is 1. The van der Waals surface area contributed by atoms with Crippen LogP contribution in [0.5, 0.6) is 0 Å². The number of aryl methyl sites for hydroxylation is 1. The highest BCUT2D eigenvalue weighted by atomic mass is 19.1. The molecule has 1 saturated heterocycles. The molecule has 1 aliphatic rings. The Bertz CT molecular complexity index is 1570. The van der Waals surface area contributed by atoms with E-state index in [0.717, 1.165) is 35.2 Å². The predicted octanol–water partition coefficient (Wildman–Crippen LogP) is 4.84. The van der Waals surface area contributed by atoms with Crippen molar-refractivity contribution in [3.63, 3.8) is 0 Å². The number of rotatable bonds is 10. The van der Waals surface area contributed by atoms with E-state index in [2.05, 4.69) is 63.0 Å². The maximum atomic E-state index is 15.3. The lowest BCUT2D eigenvalue weighted by atomic mass is 9.96. The summed E-state index contributed by atoms with van der Waals surface area (Å²) in [5, 5.41) is 15.8. The molecule has 0 aliphatic carbocycles. The minimum absolute atomic E-state index is 0.0562. The van der Waals surface area contributed by atoms with Crippen LogP contribution < -0.4 is 10.6 Å². The van der Waals surface area contributed by atoms with Crippen molar-refractivity contribution in [1.29, 1.82) is 0 Å². The lowest BCUT2D eigenvalue weighted by Gasteiger charge is -2.42. The fraction of sp³-hybridized carbons (Fsp3) is 0.548. The molecule has 0 bridgehead atoms. The van der Waals surface area contributed by atoms with Gasteiger partial charge in [0.25, 0.3) is 5.91 Å². The van der Waals surface area contributed by atoms with Gasteiger partial charge >= 0.3 is 0 Å². The number of hydrogen-bond donors (Lipinski definition) is 2. The Labute approximate surface area is 251 Å². The van der Waals surface area contributed by atoms with Gasteiger partial charge in [-0.05, 0) is 66.2 Å². The number of piperidine rings is 1. The molecule has 1 aliphatic heterocycles. The SMILES string of the molecule is CCn1c(-c2noc(CNC(=O)c3cnn(C(C)(C)COC)c3)n2)cc2c(N[C@@H]3CCN(C(C)(C)C)C[C@H]3F)cccc21. The lowest BCUT2D eigenvalue weighted by Crippen LogP contribution is -2.54. The summed E-state index contributed by atoms with van der Waals surface area (Å²) >= 11 is 0. The molecule has 11 nitrogen and oxygen atoms in total. The number of amides is 1. The van der Waals surface area contributed by atoms with Gasteiger partial charge in [0.15, 0.2) is 0 Å². The highest BCUT2D eigenvalue weighted by Crippen LogP contribution is 2.33. The molecule has 3 aromatic heterocycles. The minimum Gasteiger partial charge on any atom is -0.382 e. The van der Waals surface area contributed by atoms with Gasteiger partial charge in [0, 0.05) is 49.6 Å². The van der Waals surface area contributed by atoms with Crippen LogP contribution in [0.15, 0.2) is 41.2 Å². The third kappa shape index (κ3) is 6.45. The van der Waals surface area contributed by atoms with Gasteiger partial charge in [0.1, 0.15) is 6.17 Å². The van der Waals surface area contributed by atoms with Crippen molar-refractivity contribution in [2.24, 2.45) is 0 Å². The molecule has 4 heterocycles. The first-order valence-electron chi connectivity index (χ1n) is 14.8. The Hall–Kier alpha value is -3.77. The van der Waals surface area contributed by atoms with Gasteiger partial charge in [0.05, 0.1) is 47.7 Å². The molecule has 43 heavy (non-hydrogen) atoms. The second kappa shape index (κ2) is 12.1. The summed E-state index contributed by atoms with van der Waals surface area (Å²) in [6, 6.07) is 7.76. The molecule has 5 rings (SSSR count). The smallest absolute Gasteiger partial charge is 0.254 e. The summed E-state index contributed by atoms with van der Waals surface area (Å²) in [6.07, 6.45) is 2.97. The highest BCUT2D eigenvalue weighted by molar-refractivity contribution is 5.96. The molecule has 2 N–H and O–H groups in total. The van der Waals surface area contributed by atoms with Crippen LogP contribution in [0.25, 0.3) is 22.4 Å². The third-order valence-electron chi connectivity index (χ3n) is 8.15. The van der Waals surface area contributed by atoms with Crippen LogP contribution in [0.1, 0.15) is 64.2 Å². The maximum Gasteiger partial charge on any atom is 0.254 e. The van der Waals surface area contributed by atoms with Crippen molar-refractivity contribution in [1.82, 2.24) is 34.7 Å². The molecular formula is C31H43FN8O3. The van der Waals surface area contributed by atoms with Crippen LogP contribution in [0, 0.1) is 0 Å². The number of aromatic nitrogens is 5. The van der Waals surface area contributed by atoms with Gasteiger partial charge in [-0.25, -0.2) is 4.39 Å². The summed E-state index contributed by atoms with van der Waals surface area (Å²) in [7, 11) is 1.63. The monoisotopic (exact) mass is 594 g/mol. The van der Waals surface area contributed by atoms with E-state index in [4.69, 9.17) is 9.26 Å². The first-order chi connectivity index (χ1) is 20.4. The average Bonchev–Trinajstić information content (AvgIpc) is 3.71. The number of likely N-dealkylation sites (tertiary alicyclic amines) is 1. The van der Waals surface area contributed by atoms with Crippen molar-refractivity contribution < 1.29 is 18.4 Å². The number of ether oxygens (including phenoxy) is 1. The highest BCUT2D eigenvalue weighted by Gasteiger charge is 2.34. The first-order valence-corrected chi connectivity index (χ1v) is 14.8. The predicted molar refractivity (Wildman–Crippen MR) is 164 cm³/mol. The number of fused-ring (bicyclic) bond motifs is 1. The fourth-order valence-corrected chi connectivity index (χ4v) is 5.69. The molecular weight excluding hydrogens is 551 g/mol. The number of anilines is 1. The van der Waals surface area contributed by atoms with Gasteiger partial charge < -0.3 is 24.5 Å². The number of nitrogens with one attached hydrogen (secondary N) is 2. The molecule has 1 aromatic carbocycles. The normalized spacial score (nSPS) is 18.3. The molecule has 1 fully saturated rings. The van der Waals surface area contributed by atoms with Gasteiger partial charge in [-0.15, -0.1) is 0 Å². The Balaban J connectivity index is 1.30. The fourth-order valence-electron chi connectivity index (χ4n) is 5.69. The number of halogens is 1. The summed E-state index contributed by atoms with van der Waals surface area (Å²) in [5.74, 6) is 0.411. The topological polar surface area (TPSA) is 115 Å². The molecule has 0 radical (unpaired) electrons. The van der Waals surface area contributed by atoms with Gasteiger partial charge in [-0.1, -0.05) is 11.2 Å². The zero-order valence-corrected chi connectivity index (χ0v) is 26.1. The van der Waals surface area contributed by atoms with E-state index in [-0.39, 0.29) is 35.5 Å². The molecule has 232 valence electrons. The van der Waals surface area contributed by atoms with E-state index < -0.39 is 6.17 Å². The molecule has 0 unspecified atom stereocenters. The van der Waals surface area contributed by atoms with Crippen molar-refractivity contribution >= 4 is 22.5 Å². The summed E-state index contributed by atoms with van der Waals surface area (Å²) in [5.41, 5.74) is 2.65. The van der Waals surface area contributed by atoms with Crippen LogP contribution >= 0.6 is 0 Å². The number of carbonyl (C=O) groups is 1. The number of methoxy groups -OCH3 is 1. The minimum atomic E-state index is -0.975. The summed E-state index contributed by atoms with van der Waals surface area (Å²) in [4.78, 5) is 19.6. The second-order valence-corrected chi connectivity index (χ2v) is 12.8.